The lowest BCUT2D eigenvalue weighted by Gasteiger charge is -2.04. The fraction of sp³-hybridized carbons (Fsp3) is 0.214. The van der Waals surface area contributed by atoms with E-state index in [9.17, 15) is 4.79 Å². The molecule has 0 aliphatic rings. The van der Waals surface area contributed by atoms with Gasteiger partial charge in [0.05, 0.1) is 12.2 Å². The zero-order chi connectivity index (χ0) is 11.8. The number of benzene rings is 1. The second-order valence-electron chi connectivity index (χ2n) is 3.32. The molecule has 84 valence electrons. The standard InChI is InChI=1S/C14H16O2/c1-3-12(4-2)10-11-16-14(15)13-8-6-5-7-9-13/h3-9H,1,10-11H2,2H3/b12-4+. The van der Waals surface area contributed by atoms with Crippen molar-refractivity contribution >= 4 is 5.97 Å². The van der Waals surface area contributed by atoms with E-state index in [-0.39, 0.29) is 5.97 Å². The number of carbonyl (C=O) groups is 1. The summed E-state index contributed by atoms with van der Waals surface area (Å²) in [6.45, 7) is 6.01. The second kappa shape index (κ2) is 6.62. The van der Waals surface area contributed by atoms with Gasteiger partial charge < -0.3 is 4.74 Å². The number of carbonyl (C=O) groups excluding carboxylic acids is 1. The Morgan fingerprint density at radius 3 is 2.62 bits per heavy atom. The Labute approximate surface area is 96.2 Å². The van der Waals surface area contributed by atoms with E-state index in [0.29, 0.717) is 18.6 Å². The minimum absolute atomic E-state index is 0.278. The van der Waals surface area contributed by atoms with Crippen LogP contribution in [0, 0.1) is 0 Å². The zero-order valence-corrected chi connectivity index (χ0v) is 9.48. The molecule has 1 rings (SSSR count). The topological polar surface area (TPSA) is 26.3 Å². The molecule has 0 aliphatic carbocycles. The van der Waals surface area contributed by atoms with Crippen LogP contribution in [0.15, 0.2) is 54.6 Å². The van der Waals surface area contributed by atoms with Crippen LogP contribution in [0.3, 0.4) is 0 Å². The molecule has 0 heterocycles. The average Bonchev–Trinajstić information content (AvgIpc) is 2.35. The van der Waals surface area contributed by atoms with Crippen LogP contribution >= 0.6 is 0 Å². The molecule has 0 saturated carbocycles. The van der Waals surface area contributed by atoms with Crippen molar-refractivity contribution in [3.63, 3.8) is 0 Å². The first-order valence-corrected chi connectivity index (χ1v) is 5.27. The normalized spacial score (nSPS) is 10.9. The average molecular weight is 216 g/mol. The maximum Gasteiger partial charge on any atom is 0.338 e. The molecule has 0 radical (unpaired) electrons. The molecular formula is C14H16O2. The van der Waals surface area contributed by atoms with Gasteiger partial charge in [0.2, 0.25) is 0 Å². The third kappa shape index (κ3) is 3.73. The largest absolute Gasteiger partial charge is 0.462 e. The van der Waals surface area contributed by atoms with Gasteiger partial charge in [0.25, 0.3) is 0 Å². The summed E-state index contributed by atoms with van der Waals surface area (Å²) in [6, 6.07) is 8.99. The molecule has 0 fully saturated rings. The summed E-state index contributed by atoms with van der Waals surface area (Å²) < 4.78 is 5.13. The van der Waals surface area contributed by atoms with Gasteiger partial charge in [-0.3, -0.25) is 0 Å². The predicted molar refractivity (Wildman–Crippen MR) is 65.3 cm³/mol. The number of ether oxygens (including phenoxy) is 1. The lowest BCUT2D eigenvalue weighted by molar-refractivity contribution is 0.0510. The summed E-state index contributed by atoms with van der Waals surface area (Å²) in [5, 5.41) is 0. The van der Waals surface area contributed by atoms with E-state index in [2.05, 4.69) is 6.58 Å². The van der Waals surface area contributed by atoms with Crippen LogP contribution < -0.4 is 0 Å². The maximum absolute atomic E-state index is 11.5. The van der Waals surface area contributed by atoms with E-state index in [0.717, 1.165) is 5.57 Å². The van der Waals surface area contributed by atoms with Crippen molar-refractivity contribution in [2.75, 3.05) is 6.61 Å². The van der Waals surface area contributed by atoms with Gasteiger partial charge in [-0.2, -0.15) is 0 Å². The van der Waals surface area contributed by atoms with Crippen molar-refractivity contribution in [2.24, 2.45) is 0 Å². The van der Waals surface area contributed by atoms with Gasteiger partial charge in [-0.1, -0.05) is 36.9 Å². The highest BCUT2D eigenvalue weighted by atomic mass is 16.5. The Morgan fingerprint density at radius 1 is 1.38 bits per heavy atom. The zero-order valence-electron chi connectivity index (χ0n) is 9.48. The van der Waals surface area contributed by atoms with Gasteiger partial charge in [0.1, 0.15) is 0 Å². The first-order chi connectivity index (χ1) is 7.77. The van der Waals surface area contributed by atoms with Crippen molar-refractivity contribution in [1.29, 1.82) is 0 Å². The molecule has 0 spiro atoms. The number of hydrogen-bond donors (Lipinski definition) is 0. The van der Waals surface area contributed by atoms with Gasteiger partial charge >= 0.3 is 5.97 Å². The Balaban J connectivity index is 2.40. The molecule has 0 unspecified atom stereocenters. The molecule has 0 aliphatic heterocycles. The fourth-order valence-corrected chi connectivity index (χ4v) is 1.28. The summed E-state index contributed by atoms with van der Waals surface area (Å²) in [6.07, 6.45) is 4.44. The Bertz CT molecular complexity index is 377. The van der Waals surface area contributed by atoms with Crippen LogP contribution in [0.2, 0.25) is 0 Å². The summed E-state index contributed by atoms with van der Waals surface area (Å²) in [5.41, 5.74) is 1.67. The van der Waals surface area contributed by atoms with Crippen molar-refractivity contribution < 1.29 is 9.53 Å². The smallest absolute Gasteiger partial charge is 0.338 e. The van der Waals surface area contributed by atoms with E-state index in [1.165, 1.54) is 0 Å². The van der Waals surface area contributed by atoms with E-state index in [1.54, 1.807) is 18.2 Å². The lowest BCUT2D eigenvalue weighted by Crippen LogP contribution is -2.06. The van der Waals surface area contributed by atoms with Gasteiger partial charge in [0.15, 0.2) is 0 Å². The fourth-order valence-electron chi connectivity index (χ4n) is 1.28. The Hall–Kier alpha value is -1.83. The summed E-state index contributed by atoms with van der Waals surface area (Å²) >= 11 is 0. The maximum atomic E-state index is 11.5. The third-order valence-electron chi connectivity index (χ3n) is 2.27. The molecule has 0 saturated heterocycles. The van der Waals surface area contributed by atoms with Crippen LogP contribution in [0.25, 0.3) is 0 Å². The molecule has 16 heavy (non-hydrogen) atoms. The van der Waals surface area contributed by atoms with Gasteiger partial charge in [-0.15, -0.1) is 0 Å². The summed E-state index contributed by atoms with van der Waals surface area (Å²) in [7, 11) is 0. The molecule has 1 aromatic carbocycles. The van der Waals surface area contributed by atoms with Crippen LogP contribution in [0.4, 0.5) is 0 Å². The summed E-state index contributed by atoms with van der Waals surface area (Å²) in [4.78, 5) is 11.5. The number of esters is 1. The van der Waals surface area contributed by atoms with Gasteiger partial charge in [-0.25, -0.2) is 4.79 Å². The van der Waals surface area contributed by atoms with Gasteiger partial charge in [-0.05, 0) is 24.6 Å². The Morgan fingerprint density at radius 2 is 2.06 bits per heavy atom. The van der Waals surface area contributed by atoms with E-state index >= 15 is 0 Å². The van der Waals surface area contributed by atoms with Crippen LogP contribution in [0.5, 0.6) is 0 Å². The molecular weight excluding hydrogens is 200 g/mol. The van der Waals surface area contributed by atoms with E-state index in [1.807, 2.05) is 31.2 Å². The number of rotatable bonds is 5. The summed E-state index contributed by atoms with van der Waals surface area (Å²) in [5.74, 6) is -0.278. The first-order valence-electron chi connectivity index (χ1n) is 5.27. The molecule has 0 amide bonds. The molecule has 2 nitrogen and oxygen atoms in total. The molecule has 0 aromatic heterocycles. The highest BCUT2D eigenvalue weighted by Crippen LogP contribution is 2.05. The highest BCUT2D eigenvalue weighted by molar-refractivity contribution is 5.89. The van der Waals surface area contributed by atoms with Crippen LogP contribution in [-0.2, 0) is 4.74 Å². The molecule has 0 bridgehead atoms. The monoisotopic (exact) mass is 216 g/mol. The van der Waals surface area contributed by atoms with E-state index < -0.39 is 0 Å². The third-order valence-corrected chi connectivity index (χ3v) is 2.27. The molecule has 2 heteroatoms. The van der Waals surface area contributed by atoms with Gasteiger partial charge in [0, 0.05) is 6.42 Å². The van der Waals surface area contributed by atoms with E-state index in [4.69, 9.17) is 4.74 Å². The lowest BCUT2D eigenvalue weighted by atomic mass is 10.2. The SMILES string of the molecule is C=C/C(=C\C)CCOC(=O)c1ccccc1. The minimum atomic E-state index is -0.278. The van der Waals surface area contributed by atoms with Crippen molar-refractivity contribution in [3.05, 3.63) is 60.2 Å². The quantitative estimate of drug-likeness (QED) is 0.557. The molecule has 1 aromatic rings. The van der Waals surface area contributed by atoms with Crippen molar-refractivity contribution in [1.82, 2.24) is 0 Å². The minimum Gasteiger partial charge on any atom is -0.462 e. The first kappa shape index (κ1) is 12.2. The van der Waals surface area contributed by atoms with Crippen molar-refractivity contribution in [2.45, 2.75) is 13.3 Å². The second-order valence-corrected chi connectivity index (χ2v) is 3.32. The van der Waals surface area contributed by atoms with Crippen LogP contribution in [0.1, 0.15) is 23.7 Å². The number of hydrogen-bond acceptors (Lipinski definition) is 2. The molecule has 0 N–H and O–H groups in total. The molecule has 0 atom stereocenters. The number of allylic oxidation sites excluding steroid dienone is 2. The Kier molecular flexibility index (Phi) is 5.06. The highest BCUT2D eigenvalue weighted by Gasteiger charge is 2.05. The predicted octanol–water partition coefficient (Wildman–Crippen LogP) is 3.37. The van der Waals surface area contributed by atoms with Crippen LogP contribution in [-0.4, -0.2) is 12.6 Å². The van der Waals surface area contributed by atoms with Crippen molar-refractivity contribution in [3.8, 4) is 0 Å².